The molecule has 0 saturated heterocycles. The summed E-state index contributed by atoms with van der Waals surface area (Å²) >= 11 is 6.55. The monoisotopic (exact) mass is 547 g/mol. The molecule has 0 aliphatic rings. The largest absolute Gasteiger partial charge is 0.306 e. The first-order chi connectivity index (χ1) is 14.3. The van der Waals surface area contributed by atoms with E-state index in [9.17, 15) is 13.2 Å². The summed E-state index contributed by atoms with van der Waals surface area (Å²) in [4.78, 5) is 20.0. The van der Waals surface area contributed by atoms with Crippen molar-refractivity contribution in [2.75, 3.05) is 3.33 Å². The molecule has 0 aliphatic heterocycles. The van der Waals surface area contributed by atoms with Gasteiger partial charge in [0, 0.05) is 10.0 Å². The molecule has 0 spiro atoms. The molecule has 4 aromatic rings. The lowest BCUT2D eigenvalue weighted by atomic mass is 10.1. The smallest absolute Gasteiger partial charge is 0.274 e. The molecule has 0 amide bonds. The number of benzene rings is 3. The summed E-state index contributed by atoms with van der Waals surface area (Å²) in [7, 11) is -3.82. The Labute approximate surface area is 190 Å². The third-order valence-corrected chi connectivity index (χ3v) is 8.27. The SMILES string of the molecule is Cc1ccccc1S(=O)(=O)N(Br)c1cccc(-c2nc3ccc(Br)cc3c(=O)[nH]2)c1. The zero-order valence-corrected chi connectivity index (χ0v) is 19.6. The molecule has 0 aliphatic carbocycles. The van der Waals surface area contributed by atoms with E-state index in [-0.39, 0.29) is 10.5 Å². The Kier molecular flexibility index (Phi) is 5.52. The average Bonchev–Trinajstić information content (AvgIpc) is 2.74. The van der Waals surface area contributed by atoms with Gasteiger partial charge < -0.3 is 4.98 Å². The van der Waals surface area contributed by atoms with Gasteiger partial charge in [0.2, 0.25) is 0 Å². The van der Waals surface area contributed by atoms with E-state index in [1.807, 2.05) is 6.07 Å². The summed E-state index contributed by atoms with van der Waals surface area (Å²) in [6, 6.07) is 18.8. The molecule has 0 radical (unpaired) electrons. The fourth-order valence-corrected chi connectivity index (χ4v) is 5.42. The molecule has 1 N–H and O–H groups in total. The van der Waals surface area contributed by atoms with Crippen LogP contribution in [0.1, 0.15) is 5.56 Å². The Morgan fingerprint density at radius 3 is 2.53 bits per heavy atom. The van der Waals surface area contributed by atoms with Gasteiger partial charge in [0.05, 0.1) is 37.6 Å². The van der Waals surface area contributed by atoms with Crippen molar-refractivity contribution in [3.8, 4) is 11.4 Å². The van der Waals surface area contributed by atoms with Gasteiger partial charge in [-0.25, -0.2) is 13.4 Å². The van der Waals surface area contributed by atoms with Crippen molar-refractivity contribution < 1.29 is 8.42 Å². The number of aromatic nitrogens is 2. The molecular weight excluding hydrogens is 534 g/mol. The van der Waals surface area contributed by atoms with E-state index in [0.717, 1.165) is 7.80 Å². The van der Waals surface area contributed by atoms with Gasteiger partial charge in [0.15, 0.2) is 0 Å². The Hall–Kier alpha value is -2.49. The minimum absolute atomic E-state index is 0.204. The molecule has 152 valence electrons. The molecule has 1 aromatic heterocycles. The number of hydrogen-bond donors (Lipinski definition) is 1. The molecule has 4 rings (SSSR count). The summed E-state index contributed by atoms with van der Waals surface area (Å²) < 4.78 is 28.0. The number of sulfonamides is 1. The highest BCUT2D eigenvalue weighted by Gasteiger charge is 2.25. The van der Waals surface area contributed by atoms with E-state index in [2.05, 4.69) is 42.0 Å². The van der Waals surface area contributed by atoms with Gasteiger partial charge >= 0.3 is 0 Å². The zero-order chi connectivity index (χ0) is 21.5. The summed E-state index contributed by atoms with van der Waals surface area (Å²) in [5, 5.41) is 0.466. The van der Waals surface area contributed by atoms with Crippen LogP contribution in [0.5, 0.6) is 0 Å². The van der Waals surface area contributed by atoms with Crippen LogP contribution in [0.2, 0.25) is 0 Å². The van der Waals surface area contributed by atoms with E-state index in [1.165, 1.54) is 0 Å². The van der Waals surface area contributed by atoms with Crippen LogP contribution in [0, 0.1) is 6.92 Å². The molecular formula is C21H15Br2N3O3S. The number of rotatable bonds is 4. The van der Waals surface area contributed by atoms with Crippen molar-refractivity contribution in [3.05, 3.63) is 87.1 Å². The molecule has 0 bridgehead atoms. The number of aromatic amines is 1. The summed E-state index contributed by atoms with van der Waals surface area (Å²) in [5.41, 5.74) is 1.88. The van der Waals surface area contributed by atoms with Crippen LogP contribution < -0.4 is 8.89 Å². The van der Waals surface area contributed by atoms with E-state index in [4.69, 9.17) is 0 Å². The lowest BCUT2D eigenvalue weighted by Crippen LogP contribution is -2.21. The highest BCUT2D eigenvalue weighted by atomic mass is 79.9. The van der Waals surface area contributed by atoms with E-state index < -0.39 is 10.0 Å². The number of nitrogens with zero attached hydrogens (tertiary/aromatic N) is 2. The number of aryl methyl sites for hydroxylation is 1. The third-order valence-electron chi connectivity index (χ3n) is 4.57. The highest BCUT2D eigenvalue weighted by Crippen LogP contribution is 2.31. The molecule has 0 saturated carbocycles. The number of anilines is 1. The van der Waals surface area contributed by atoms with Crippen LogP contribution >= 0.6 is 32.1 Å². The zero-order valence-electron chi connectivity index (χ0n) is 15.6. The van der Waals surface area contributed by atoms with Crippen molar-refractivity contribution in [2.24, 2.45) is 0 Å². The molecule has 0 atom stereocenters. The van der Waals surface area contributed by atoms with Crippen LogP contribution in [-0.2, 0) is 10.0 Å². The van der Waals surface area contributed by atoms with Crippen LogP contribution in [0.25, 0.3) is 22.3 Å². The van der Waals surface area contributed by atoms with E-state index in [1.54, 1.807) is 67.6 Å². The number of H-pyrrole nitrogens is 1. The highest BCUT2D eigenvalue weighted by molar-refractivity contribution is 9.11. The lowest BCUT2D eigenvalue weighted by Gasteiger charge is -2.18. The Morgan fingerprint density at radius 1 is 1.00 bits per heavy atom. The van der Waals surface area contributed by atoms with Gasteiger partial charge in [0.25, 0.3) is 15.6 Å². The summed E-state index contributed by atoms with van der Waals surface area (Å²) in [6.07, 6.45) is 0. The second kappa shape index (κ2) is 7.98. The maximum Gasteiger partial charge on any atom is 0.274 e. The normalized spacial score (nSPS) is 11.6. The van der Waals surface area contributed by atoms with Gasteiger partial charge in [-0.15, -0.1) is 0 Å². The second-order valence-corrected chi connectivity index (χ2v) is 10.5. The topological polar surface area (TPSA) is 83.1 Å². The minimum atomic E-state index is -3.82. The maximum absolute atomic E-state index is 13.1. The standard InChI is InChI=1S/C21H15Br2N3O3S/c1-13-5-2-3-8-19(13)30(28,29)26(23)16-7-4-6-14(11-16)20-24-18-10-9-15(22)12-17(18)21(27)25-20/h2-12H,1H3,(H,24,25,27). The fraction of sp³-hybridized carbons (Fsp3) is 0.0476. The lowest BCUT2D eigenvalue weighted by molar-refractivity contribution is 0.598. The fourth-order valence-electron chi connectivity index (χ4n) is 3.08. The predicted molar refractivity (Wildman–Crippen MR) is 125 cm³/mol. The molecule has 3 aromatic carbocycles. The van der Waals surface area contributed by atoms with Gasteiger partial charge in [-0.2, -0.15) is 3.33 Å². The Balaban J connectivity index is 1.78. The predicted octanol–water partition coefficient (Wildman–Crippen LogP) is 5.17. The first kappa shape index (κ1) is 20.8. The van der Waals surface area contributed by atoms with Crippen LogP contribution in [0.15, 0.2) is 80.9 Å². The molecule has 0 unspecified atom stereocenters. The third kappa shape index (κ3) is 3.80. The van der Waals surface area contributed by atoms with Crippen molar-refractivity contribution in [2.45, 2.75) is 11.8 Å². The molecule has 6 nitrogen and oxygen atoms in total. The van der Waals surface area contributed by atoms with Crippen molar-refractivity contribution >= 4 is 58.7 Å². The molecule has 30 heavy (non-hydrogen) atoms. The first-order valence-corrected chi connectivity index (χ1v) is 11.8. The van der Waals surface area contributed by atoms with Crippen molar-refractivity contribution in [1.29, 1.82) is 0 Å². The number of fused-ring (bicyclic) bond motifs is 1. The van der Waals surface area contributed by atoms with Crippen LogP contribution in [0.3, 0.4) is 0 Å². The number of halogens is 2. The Morgan fingerprint density at radius 2 is 1.77 bits per heavy atom. The van der Waals surface area contributed by atoms with Crippen molar-refractivity contribution in [1.82, 2.24) is 9.97 Å². The van der Waals surface area contributed by atoms with Gasteiger partial charge in [-0.3, -0.25) is 4.79 Å². The molecule has 0 fully saturated rings. The van der Waals surface area contributed by atoms with Gasteiger partial charge in [-0.1, -0.05) is 46.3 Å². The maximum atomic E-state index is 13.1. The summed E-state index contributed by atoms with van der Waals surface area (Å²) in [5.74, 6) is 0.353. The molecule has 1 heterocycles. The quantitative estimate of drug-likeness (QED) is 0.357. The van der Waals surface area contributed by atoms with Gasteiger partial charge in [0.1, 0.15) is 5.82 Å². The van der Waals surface area contributed by atoms with E-state index in [0.29, 0.717) is 33.5 Å². The van der Waals surface area contributed by atoms with Crippen LogP contribution in [0.4, 0.5) is 5.69 Å². The minimum Gasteiger partial charge on any atom is -0.306 e. The van der Waals surface area contributed by atoms with E-state index >= 15 is 0 Å². The van der Waals surface area contributed by atoms with Crippen molar-refractivity contribution in [3.63, 3.8) is 0 Å². The number of nitrogens with one attached hydrogen (secondary N) is 1. The second-order valence-electron chi connectivity index (χ2n) is 6.61. The van der Waals surface area contributed by atoms with Gasteiger partial charge in [-0.05, 0) is 48.9 Å². The average molecular weight is 549 g/mol. The first-order valence-electron chi connectivity index (χ1n) is 8.84. The summed E-state index contributed by atoms with van der Waals surface area (Å²) in [6.45, 7) is 1.74. The Bertz CT molecular complexity index is 1440. The number of hydrogen-bond acceptors (Lipinski definition) is 4. The molecule has 9 heteroatoms. The van der Waals surface area contributed by atoms with Crippen LogP contribution in [-0.4, -0.2) is 18.4 Å².